The van der Waals surface area contributed by atoms with Crippen molar-refractivity contribution >= 4 is 11.6 Å². The molecule has 0 aliphatic rings. The molecule has 4 nitrogen and oxygen atoms in total. The molecule has 0 aliphatic heterocycles. The molecule has 0 saturated carbocycles. The molecule has 0 aliphatic carbocycles. The fraction of sp³-hybridized carbons (Fsp3) is 0.286. The fourth-order valence-corrected chi connectivity index (χ4v) is 1.83. The second-order valence-electron chi connectivity index (χ2n) is 3.99. The summed E-state index contributed by atoms with van der Waals surface area (Å²) in [5.41, 5.74) is 1.03. The molecule has 19 heavy (non-hydrogen) atoms. The monoisotopic (exact) mass is 277 g/mol. The normalized spacial score (nSPS) is 10.4. The second kappa shape index (κ2) is 7.07. The van der Waals surface area contributed by atoms with Crippen molar-refractivity contribution < 1.29 is 4.74 Å². The van der Waals surface area contributed by atoms with Gasteiger partial charge in [0.25, 0.3) is 0 Å². The highest BCUT2D eigenvalue weighted by atomic mass is 35.5. The predicted molar refractivity (Wildman–Crippen MR) is 75.2 cm³/mol. The number of aromatic nitrogens is 2. The molecule has 1 aromatic heterocycles. The van der Waals surface area contributed by atoms with Crippen LogP contribution >= 0.6 is 11.6 Å². The molecule has 0 saturated heterocycles. The van der Waals surface area contributed by atoms with Gasteiger partial charge in [-0.1, -0.05) is 18.5 Å². The Balaban J connectivity index is 2.06. The van der Waals surface area contributed by atoms with Crippen LogP contribution < -0.4 is 10.1 Å². The number of benzene rings is 1. The van der Waals surface area contributed by atoms with E-state index in [0.29, 0.717) is 17.5 Å². The number of nitrogens with one attached hydrogen (secondary N) is 1. The highest BCUT2D eigenvalue weighted by molar-refractivity contribution is 6.30. The van der Waals surface area contributed by atoms with Crippen molar-refractivity contribution in [3.8, 4) is 5.75 Å². The Morgan fingerprint density at radius 1 is 1.26 bits per heavy atom. The summed E-state index contributed by atoms with van der Waals surface area (Å²) in [5.74, 6) is 1.46. The molecule has 100 valence electrons. The van der Waals surface area contributed by atoms with Gasteiger partial charge >= 0.3 is 0 Å². The number of halogens is 1. The van der Waals surface area contributed by atoms with Crippen molar-refractivity contribution in [1.29, 1.82) is 0 Å². The number of nitrogens with zero attached hydrogens (tertiary/aromatic N) is 2. The highest BCUT2D eigenvalue weighted by Crippen LogP contribution is 2.23. The van der Waals surface area contributed by atoms with E-state index in [-0.39, 0.29) is 0 Å². The Morgan fingerprint density at radius 2 is 2.05 bits per heavy atom. The van der Waals surface area contributed by atoms with Gasteiger partial charge in [-0.15, -0.1) is 0 Å². The Bertz CT molecular complexity index is 519. The predicted octanol–water partition coefficient (Wildman–Crippen LogP) is 2.82. The van der Waals surface area contributed by atoms with Crippen molar-refractivity contribution in [1.82, 2.24) is 15.3 Å². The van der Waals surface area contributed by atoms with E-state index in [9.17, 15) is 0 Å². The van der Waals surface area contributed by atoms with E-state index in [0.717, 1.165) is 24.4 Å². The molecule has 2 aromatic rings. The number of rotatable bonds is 6. The number of ether oxygens (including phenoxy) is 1. The van der Waals surface area contributed by atoms with Crippen molar-refractivity contribution in [2.24, 2.45) is 0 Å². The smallest absolute Gasteiger partial charge is 0.166 e. The van der Waals surface area contributed by atoms with Crippen LogP contribution in [-0.2, 0) is 13.2 Å². The van der Waals surface area contributed by atoms with Gasteiger partial charge in [0.05, 0.1) is 0 Å². The van der Waals surface area contributed by atoms with Crippen LogP contribution in [0.5, 0.6) is 5.75 Å². The van der Waals surface area contributed by atoms with E-state index in [1.165, 1.54) is 0 Å². The molecule has 0 radical (unpaired) electrons. The van der Waals surface area contributed by atoms with Gasteiger partial charge in [-0.2, -0.15) is 0 Å². The zero-order valence-corrected chi connectivity index (χ0v) is 11.5. The maximum Gasteiger partial charge on any atom is 0.166 e. The molecule has 0 amide bonds. The summed E-state index contributed by atoms with van der Waals surface area (Å²) < 4.78 is 5.75. The van der Waals surface area contributed by atoms with E-state index in [2.05, 4.69) is 22.2 Å². The Kier molecular flexibility index (Phi) is 5.12. The van der Waals surface area contributed by atoms with Crippen molar-refractivity contribution in [2.45, 2.75) is 20.1 Å². The lowest BCUT2D eigenvalue weighted by atomic mass is 10.2. The molecule has 1 N–H and O–H groups in total. The average Bonchev–Trinajstić information content (AvgIpc) is 2.45. The summed E-state index contributed by atoms with van der Waals surface area (Å²) in [6, 6.07) is 7.38. The van der Waals surface area contributed by atoms with Crippen LogP contribution in [0.4, 0.5) is 0 Å². The zero-order chi connectivity index (χ0) is 13.5. The lowest BCUT2D eigenvalue weighted by Gasteiger charge is -2.11. The minimum Gasteiger partial charge on any atom is -0.485 e. The summed E-state index contributed by atoms with van der Waals surface area (Å²) >= 11 is 6.00. The topological polar surface area (TPSA) is 47.0 Å². The quantitative estimate of drug-likeness (QED) is 0.882. The number of hydrogen-bond acceptors (Lipinski definition) is 4. The first-order chi connectivity index (χ1) is 9.29. The van der Waals surface area contributed by atoms with Gasteiger partial charge in [-0.25, -0.2) is 9.97 Å². The summed E-state index contributed by atoms with van der Waals surface area (Å²) in [7, 11) is 0. The van der Waals surface area contributed by atoms with Gasteiger partial charge in [0, 0.05) is 29.5 Å². The van der Waals surface area contributed by atoms with Crippen LogP contribution in [0, 0.1) is 0 Å². The van der Waals surface area contributed by atoms with E-state index < -0.39 is 0 Å². The van der Waals surface area contributed by atoms with E-state index >= 15 is 0 Å². The number of hydrogen-bond donors (Lipinski definition) is 1. The zero-order valence-electron chi connectivity index (χ0n) is 10.8. The van der Waals surface area contributed by atoms with E-state index in [1.807, 2.05) is 18.2 Å². The molecular formula is C14H16ClN3O. The maximum atomic E-state index is 6.00. The first-order valence-electron chi connectivity index (χ1n) is 6.17. The molecule has 0 bridgehead atoms. The molecular weight excluding hydrogens is 262 g/mol. The highest BCUT2D eigenvalue weighted by Gasteiger charge is 2.05. The van der Waals surface area contributed by atoms with Gasteiger partial charge in [0.2, 0.25) is 0 Å². The summed E-state index contributed by atoms with van der Waals surface area (Å²) in [4.78, 5) is 8.25. The molecule has 0 spiro atoms. The van der Waals surface area contributed by atoms with Crippen molar-refractivity contribution in [2.75, 3.05) is 6.54 Å². The van der Waals surface area contributed by atoms with Crippen molar-refractivity contribution in [3.05, 3.63) is 53.1 Å². The van der Waals surface area contributed by atoms with Crippen LogP contribution in [0.2, 0.25) is 5.02 Å². The SMILES string of the molecule is CCNCc1cc(Cl)ccc1OCc1ncccn1. The minimum atomic E-state index is 0.349. The van der Waals surface area contributed by atoms with Crippen LogP contribution in [0.3, 0.4) is 0 Å². The van der Waals surface area contributed by atoms with Crippen LogP contribution in [0.15, 0.2) is 36.7 Å². The first-order valence-corrected chi connectivity index (χ1v) is 6.55. The summed E-state index contributed by atoms with van der Waals surface area (Å²) in [6.07, 6.45) is 3.40. The average molecular weight is 278 g/mol. The molecule has 0 unspecified atom stereocenters. The molecule has 1 aromatic carbocycles. The largest absolute Gasteiger partial charge is 0.485 e. The molecule has 2 rings (SSSR count). The molecule has 0 atom stereocenters. The lowest BCUT2D eigenvalue weighted by Crippen LogP contribution is -2.13. The first kappa shape index (κ1) is 13.8. The Hall–Kier alpha value is -1.65. The van der Waals surface area contributed by atoms with E-state index in [1.54, 1.807) is 18.5 Å². The molecule has 5 heteroatoms. The van der Waals surface area contributed by atoms with Crippen molar-refractivity contribution in [3.63, 3.8) is 0 Å². The maximum absolute atomic E-state index is 6.00. The third-order valence-electron chi connectivity index (χ3n) is 2.56. The second-order valence-corrected chi connectivity index (χ2v) is 4.42. The Morgan fingerprint density at radius 3 is 2.79 bits per heavy atom. The van der Waals surface area contributed by atoms with Gasteiger partial charge < -0.3 is 10.1 Å². The lowest BCUT2D eigenvalue weighted by molar-refractivity contribution is 0.292. The third-order valence-corrected chi connectivity index (χ3v) is 2.80. The van der Waals surface area contributed by atoms with Crippen LogP contribution in [0.25, 0.3) is 0 Å². The fourth-order valence-electron chi connectivity index (χ4n) is 1.63. The van der Waals surface area contributed by atoms with Gasteiger partial charge in [-0.3, -0.25) is 0 Å². The van der Waals surface area contributed by atoms with Gasteiger partial charge in [0.15, 0.2) is 5.82 Å². The van der Waals surface area contributed by atoms with E-state index in [4.69, 9.17) is 16.3 Å². The molecule has 0 fully saturated rings. The third kappa shape index (κ3) is 4.19. The van der Waals surface area contributed by atoms with Crippen LogP contribution in [0.1, 0.15) is 18.3 Å². The van der Waals surface area contributed by atoms with Crippen LogP contribution in [-0.4, -0.2) is 16.5 Å². The standard InChI is InChI=1S/C14H16ClN3O/c1-2-16-9-11-8-12(15)4-5-13(11)19-10-14-17-6-3-7-18-14/h3-8,16H,2,9-10H2,1H3. The summed E-state index contributed by atoms with van der Waals surface area (Å²) in [5, 5.41) is 3.97. The molecule has 1 heterocycles. The summed E-state index contributed by atoms with van der Waals surface area (Å²) in [6.45, 7) is 4.03. The van der Waals surface area contributed by atoms with Gasteiger partial charge in [-0.05, 0) is 30.8 Å². The Labute approximate surface area is 117 Å². The minimum absolute atomic E-state index is 0.349. The van der Waals surface area contributed by atoms with Gasteiger partial charge in [0.1, 0.15) is 12.4 Å².